The molecule has 0 spiro atoms. The van der Waals surface area contributed by atoms with Gasteiger partial charge in [0, 0.05) is 10.1 Å². The Kier molecular flexibility index (Phi) is 2.44. The number of nitrogen functional groups attached to an aromatic ring is 1. The molecule has 0 aliphatic carbocycles. The Morgan fingerprint density at radius 3 is 3.00 bits per heavy atom. The van der Waals surface area contributed by atoms with E-state index in [4.69, 9.17) is 11.0 Å². The number of benzene rings is 1. The highest BCUT2D eigenvalue weighted by Gasteiger charge is 2.10. The van der Waals surface area contributed by atoms with Crippen molar-refractivity contribution >= 4 is 42.4 Å². The molecule has 0 amide bonds. The molecule has 2 aromatic rings. The fraction of sp³-hybridized carbons (Fsp3) is 0.100. The lowest BCUT2D eigenvalue weighted by Gasteiger charge is -1.97. The lowest BCUT2D eigenvalue weighted by atomic mass is 10.1. The maximum Gasteiger partial charge on any atom is 0.101 e. The summed E-state index contributed by atoms with van der Waals surface area (Å²) < 4.78 is 2.05. The van der Waals surface area contributed by atoms with E-state index in [1.54, 1.807) is 11.3 Å². The summed E-state index contributed by atoms with van der Waals surface area (Å²) in [6.07, 6.45) is 0.423. The van der Waals surface area contributed by atoms with Crippen LogP contribution in [0.5, 0.6) is 0 Å². The van der Waals surface area contributed by atoms with E-state index in [0.29, 0.717) is 6.42 Å². The van der Waals surface area contributed by atoms with Gasteiger partial charge in [-0.2, -0.15) is 5.26 Å². The second-order valence-corrected chi connectivity index (χ2v) is 4.78. The van der Waals surface area contributed by atoms with Crippen LogP contribution in [0, 0.1) is 11.3 Å². The molecular formula is C10H7BrN2S. The number of hydrogen-bond acceptors (Lipinski definition) is 3. The van der Waals surface area contributed by atoms with Gasteiger partial charge in [-0.25, -0.2) is 0 Å². The first kappa shape index (κ1) is 9.50. The smallest absolute Gasteiger partial charge is 0.101 e. The molecule has 1 aromatic carbocycles. The van der Waals surface area contributed by atoms with Crippen LogP contribution in [0.2, 0.25) is 0 Å². The Morgan fingerprint density at radius 1 is 1.50 bits per heavy atom. The lowest BCUT2D eigenvalue weighted by molar-refractivity contribution is 1.29. The number of hydrogen-bond donors (Lipinski definition) is 1. The van der Waals surface area contributed by atoms with Crippen LogP contribution in [-0.4, -0.2) is 0 Å². The number of fused-ring (bicyclic) bond motifs is 1. The van der Waals surface area contributed by atoms with E-state index in [1.165, 1.54) is 0 Å². The van der Waals surface area contributed by atoms with E-state index in [9.17, 15) is 0 Å². The Labute approximate surface area is 94.1 Å². The van der Waals surface area contributed by atoms with Gasteiger partial charge in [-0.3, -0.25) is 0 Å². The van der Waals surface area contributed by atoms with Crippen molar-refractivity contribution in [2.24, 2.45) is 0 Å². The Hall–Kier alpha value is -1.05. The van der Waals surface area contributed by atoms with Crippen molar-refractivity contribution in [1.82, 2.24) is 0 Å². The van der Waals surface area contributed by atoms with E-state index >= 15 is 0 Å². The van der Waals surface area contributed by atoms with Gasteiger partial charge in [-0.05, 0) is 27.6 Å². The van der Waals surface area contributed by atoms with Gasteiger partial charge >= 0.3 is 0 Å². The third-order valence-corrected chi connectivity index (χ3v) is 4.11. The summed E-state index contributed by atoms with van der Waals surface area (Å²) in [4.78, 5) is 0. The average Bonchev–Trinajstić information content (AvgIpc) is 2.45. The maximum atomic E-state index is 8.68. The molecule has 0 atom stereocenters. The molecule has 0 unspecified atom stereocenters. The summed E-state index contributed by atoms with van der Waals surface area (Å²) in [5.74, 6) is 0. The predicted molar refractivity (Wildman–Crippen MR) is 63.3 cm³/mol. The minimum Gasteiger partial charge on any atom is -0.390 e. The number of halogens is 1. The zero-order valence-corrected chi connectivity index (χ0v) is 9.65. The van der Waals surface area contributed by atoms with Crippen LogP contribution in [0.15, 0.2) is 22.7 Å². The molecule has 2 N–H and O–H groups in total. The monoisotopic (exact) mass is 266 g/mol. The number of rotatable bonds is 1. The standard InChI is InChI=1S/C10H7BrN2S/c11-9-8-6(4-5-12)2-1-3-7(8)14-10(9)13/h1-3H,4,13H2. The van der Waals surface area contributed by atoms with Gasteiger partial charge in [0.25, 0.3) is 0 Å². The van der Waals surface area contributed by atoms with Crippen molar-refractivity contribution in [2.75, 3.05) is 5.73 Å². The minimum absolute atomic E-state index is 0.423. The summed E-state index contributed by atoms with van der Waals surface area (Å²) in [6.45, 7) is 0. The SMILES string of the molecule is N#CCc1cccc2sc(N)c(Br)c12. The Morgan fingerprint density at radius 2 is 2.29 bits per heavy atom. The average molecular weight is 267 g/mol. The number of anilines is 1. The first-order valence-corrected chi connectivity index (χ1v) is 5.67. The molecular weight excluding hydrogens is 260 g/mol. The van der Waals surface area contributed by atoms with Gasteiger partial charge in [-0.1, -0.05) is 12.1 Å². The highest BCUT2D eigenvalue weighted by molar-refractivity contribution is 9.10. The van der Waals surface area contributed by atoms with Crippen molar-refractivity contribution in [2.45, 2.75) is 6.42 Å². The van der Waals surface area contributed by atoms with Gasteiger partial charge in [0.15, 0.2) is 0 Å². The summed E-state index contributed by atoms with van der Waals surface area (Å²) in [7, 11) is 0. The number of thiophene rings is 1. The fourth-order valence-corrected chi connectivity index (χ4v) is 3.18. The molecule has 14 heavy (non-hydrogen) atoms. The third kappa shape index (κ3) is 1.39. The topological polar surface area (TPSA) is 49.8 Å². The molecule has 1 heterocycles. The zero-order chi connectivity index (χ0) is 10.1. The van der Waals surface area contributed by atoms with Crippen molar-refractivity contribution in [3.63, 3.8) is 0 Å². The summed E-state index contributed by atoms with van der Waals surface area (Å²) in [5, 5.41) is 10.5. The van der Waals surface area contributed by atoms with Crippen LogP contribution in [0.25, 0.3) is 10.1 Å². The maximum absolute atomic E-state index is 8.68. The second-order valence-electron chi connectivity index (χ2n) is 2.91. The molecule has 4 heteroatoms. The van der Waals surface area contributed by atoms with Crippen molar-refractivity contribution in [1.29, 1.82) is 5.26 Å². The normalized spacial score (nSPS) is 10.3. The van der Waals surface area contributed by atoms with E-state index in [1.807, 2.05) is 18.2 Å². The molecule has 0 fully saturated rings. The van der Waals surface area contributed by atoms with Crippen molar-refractivity contribution in [3.8, 4) is 6.07 Å². The summed E-state index contributed by atoms with van der Waals surface area (Å²) in [5.41, 5.74) is 6.84. The van der Waals surface area contributed by atoms with Gasteiger partial charge < -0.3 is 5.73 Å². The van der Waals surface area contributed by atoms with Crippen LogP contribution >= 0.6 is 27.3 Å². The summed E-state index contributed by atoms with van der Waals surface area (Å²) >= 11 is 4.99. The van der Waals surface area contributed by atoms with E-state index in [0.717, 1.165) is 25.1 Å². The van der Waals surface area contributed by atoms with Gasteiger partial charge in [0.2, 0.25) is 0 Å². The molecule has 0 saturated heterocycles. The molecule has 2 nitrogen and oxygen atoms in total. The third-order valence-electron chi connectivity index (χ3n) is 2.04. The molecule has 0 saturated carbocycles. The minimum atomic E-state index is 0.423. The Balaban J connectivity index is 2.79. The predicted octanol–water partition coefficient (Wildman–Crippen LogP) is 3.31. The molecule has 2 rings (SSSR count). The summed E-state index contributed by atoms with van der Waals surface area (Å²) in [6, 6.07) is 8.09. The molecule has 0 bridgehead atoms. The van der Waals surface area contributed by atoms with Crippen LogP contribution < -0.4 is 5.73 Å². The van der Waals surface area contributed by atoms with Crippen molar-refractivity contribution < 1.29 is 0 Å². The molecule has 0 radical (unpaired) electrons. The Bertz CT molecular complexity index is 525. The van der Waals surface area contributed by atoms with Crippen LogP contribution in [0.4, 0.5) is 5.00 Å². The quantitative estimate of drug-likeness (QED) is 0.861. The first-order valence-electron chi connectivity index (χ1n) is 4.06. The highest BCUT2D eigenvalue weighted by atomic mass is 79.9. The van der Waals surface area contributed by atoms with Gasteiger partial charge in [-0.15, -0.1) is 11.3 Å². The van der Waals surface area contributed by atoms with Crippen LogP contribution in [-0.2, 0) is 6.42 Å². The number of nitrogens with two attached hydrogens (primary N) is 1. The fourth-order valence-electron chi connectivity index (χ4n) is 1.43. The molecule has 70 valence electrons. The van der Waals surface area contributed by atoms with Crippen LogP contribution in [0.3, 0.4) is 0 Å². The molecule has 0 aliphatic heterocycles. The highest BCUT2D eigenvalue weighted by Crippen LogP contribution is 2.39. The molecule has 0 aliphatic rings. The van der Waals surface area contributed by atoms with E-state index in [2.05, 4.69) is 22.0 Å². The van der Waals surface area contributed by atoms with Gasteiger partial charge in [0.1, 0.15) is 5.00 Å². The first-order chi connectivity index (χ1) is 6.74. The largest absolute Gasteiger partial charge is 0.390 e. The van der Waals surface area contributed by atoms with Crippen LogP contribution in [0.1, 0.15) is 5.56 Å². The number of nitrogens with zero attached hydrogens (tertiary/aromatic N) is 1. The second kappa shape index (κ2) is 3.60. The lowest BCUT2D eigenvalue weighted by Crippen LogP contribution is -1.83. The van der Waals surface area contributed by atoms with Crippen molar-refractivity contribution in [3.05, 3.63) is 28.2 Å². The van der Waals surface area contributed by atoms with E-state index < -0.39 is 0 Å². The number of nitriles is 1. The van der Waals surface area contributed by atoms with E-state index in [-0.39, 0.29) is 0 Å². The molecule has 1 aromatic heterocycles. The zero-order valence-electron chi connectivity index (χ0n) is 7.25. The van der Waals surface area contributed by atoms with Gasteiger partial charge in [0.05, 0.1) is 17.0 Å².